The Balaban J connectivity index is 2.21. The normalized spacial score (nSPS) is 10.6. The van der Waals surface area contributed by atoms with Crippen LogP contribution in [0.1, 0.15) is 62.2 Å². The summed E-state index contributed by atoms with van der Waals surface area (Å²) in [6, 6.07) is 4.06. The van der Waals surface area contributed by atoms with Gasteiger partial charge in [0.1, 0.15) is 11.6 Å². The molecule has 1 rings (SSSR count). The smallest absolute Gasteiger partial charge is 0.163 e. The number of carbonyl (C=O) groups excluding carboxylic acids is 1. The first-order valence-electron chi connectivity index (χ1n) is 7.64. The fraction of sp³-hybridized carbons (Fsp3) is 0.588. The Bertz CT molecular complexity index is 435. The highest BCUT2D eigenvalue weighted by atomic mass is 79.9. The molecule has 1 aromatic carbocycles. The average Bonchev–Trinajstić information content (AvgIpc) is 2.45. The SMILES string of the molecule is CC(=O)c1ccc(F)cc1OCCCCCCCCCBr. The van der Waals surface area contributed by atoms with Gasteiger partial charge in [-0.05, 0) is 31.9 Å². The van der Waals surface area contributed by atoms with Crippen LogP contribution in [0.15, 0.2) is 18.2 Å². The molecule has 0 aromatic heterocycles. The van der Waals surface area contributed by atoms with E-state index in [0.717, 1.165) is 18.2 Å². The molecule has 0 fully saturated rings. The topological polar surface area (TPSA) is 26.3 Å². The molecule has 0 saturated heterocycles. The summed E-state index contributed by atoms with van der Waals surface area (Å²) in [5, 5.41) is 1.09. The molecular weight excluding hydrogens is 335 g/mol. The maximum absolute atomic E-state index is 13.2. The summed E-state index contributed by atoms with van der Waals surface area (Å²) in [6.45, 7) is 2.00. The lowest BCUT2D eigenvalue weighted by Crippen LogP contribution is -2.03. The number of carbonyl (C=O) groups is 1. The molecule has 0 saturated carbocycles. The number of benzene rings is 1. The lowest BCUT2D eigenvalue weighted by atomic mass is 10.1. The summed E-state index contributed by atoms with van der Waals surface area (Å²) in [5.41, 5.74) is 0.450. The van der Waals surface area contributed by atoms with E-state index in [2.05, 4.69) is 15.9 Å². The largest absolute Gasteiger partial charge is 0.493 e. The van der Waals surface area contributed by atoms with Gasteiger partial charge in [-0.2, -0.15) is 0 Å². The van der Waals surface area contributed by atoms with Crippen molar-refractivity contribution in [3.05, 3.63) is 29.6 Å². The molecule has 0 amide bonds. The van der Waals surface area contributed by atoms with E-state index in [-0.39, 0.29) is 11.6 Å². The molecule has 0 spiro atoms. The van der Waals surface area contributed by atoms with Gasteiger partial charge >= 0.3 is 0 Å². The Morgan fingerprint density at radius 2 is 1.71 bits per heavy atom. The molecule has 0 aliphatic rings. The second kappa shape index (κ2) is 10.8. The average molecular weight is 359 g/mol. The molecule has 0 N–H and O–H groups in total. The van der Waals surface area contributed by atoms with Gasteiger partial charge in [0, 0.05) is 11.4 Å². The summed E-state index contributed by atoms with van der Waals surface area (Å²) in [4.78, 5) is 11.4. The Morgan fingerprint density at radius 3 is 2.33 bits per heavy atom. The number of ketones is 1. The number of Topliss-reactive ketones (excluding diaryl/α,β-unsaturated/α-hetero) is 1. The van der Waals surface area contributed by atoms with Crippen molar-refractivity contribution in [2.45, 2.75) is 51.9 Å². The second-order valence-electron chi connectivity index (χ2n) is 5.21. The standard InChI is InChI=1S/C17H24BrFO2/c1-14(20)16-10-9-15(19)13-17(16)21-12-8-6-4-2-3-5-7-11-18/h9-10,13H,2-8,11-12H2,1H3. The highest BCUT2D eigenvalue weighted by Crippen LogP contribution is 2.21. The van der Waals surface area contributed by atoms with Crippen LogP contribution in [0.3, 0.4) is 0 Å². The van der Waals surface area contributed by atoms with Crippen LogP contribution in [-0.2, 0) is 0 Å². The molecule has 21 heavy (non-hydrogen) atoms. The lowest BCUT2D eigenvalue weighted by Gasteiger charge is -2.10. The van der Waals surface area contributed by atoms with Crippen molar-refractivity contribution < 1.29 is 13.9 Å². The molecule has 0 bridgehead atoms. The highest BCUT2D eigenvalue weighted by Gasteiger charge is 2.09. The zero-order chi connectivity index (χ0) is 15.5. The van der Waals surface area contributed by atoms with Gasteiger partial charge in [-0.3, -0.25) is 4.79 Å². The number of alkyl halides is 1. The van der Waals surface area contributed by atoms with Crippen LogP contribution in [0.5, 0.6) is 5.75 Å². The van der Waals surface area contributed by atoms with Crippen molar-refractivity contribution in [3.8, 4) is 5.75 Å². The summed E-state index contributed by atoms with van der Waals surface area (Å²) in [5.74, 6) is -0.113. The number of ether oxygens (including phenoxy) is 1. The van der Waals surface area contributed by atoms with Gasteiger partial charge in [0.15, 0.2) is 5.78 Å². The molecular formula is C17H24BrFO2. The number of unbranched alkanes of at least 4 members (excludes halogenated alkanes) is 6. The third kappa shape index (κ3) is 7.60. The third-order valence-electron chi connectivity index (χ3n) is 3.36. The van der Waals surface area contributed by atoms with Gasteiger partial charge in [-0.1, -0.05) is 48.0 Å². The van der Waals surface area contributed by atoms with Crippen LogP contribution >= 0.6 is 15.9 Å². The fourth-order valence-electron chi connectivity index (χ4n) is 2.17. The Morgan fingerprint density at radius 1 is 1.10 bits per heavy atom. The quantitative estimate of drug-likeness (QED) is 0.295. The highest BCUT2D eigenvalue weighted by molar-refractivity contribution is 9.09. The number of rotatable bonds is 11. The van der Waals surface area contributed by atoms with Crippen LogP contribution in [0, 0.1) is 5.82 Å². The van der Waals surface area contributed by atoms with Crippen LogP contribution in [0.2, 0.25) is 0 Å². The van der Waals surface area contributed by atoms with Crippen molar-refractivity contribution in [1.29, 1.82) is 0 Å². The number of hydrogen-bond donors (Lipinski definition) is 0. The van der Waals surface area contributed by atoms with E-state index in [4.69, 9.17) is 4.74 Å². The van der Waals surface area contributed by atoms with Crippen molar-refractivity contribution in [2.24, 2.45) is 0 Å². The molecule has 0 unspecified atom stereocenters. The van der Waals surface area contributed by atoms with E-state index < -0.39 is 0 Å². The molecule has 0 aliphatic carbocycles. The second-order valence-corrected chi connectivity index (χ2v) is 6.00. The van der Waals surface area contributed by atoms with Gasteiger partial charge in [-0.25, -0.2) is 4.39 Å². The van der Waals surface area contributed by atoms with E-state index in [0.29, 0.717) is 17.9 Å². The number of halogens is 2. The zero-order valence-electron chi connectivity index (χ0n) is 12.7. The Hall–Kier alpha value is -0.900. The molecule has 0 radical (unpaired) electrons. The first-order chi connectivity index (χ1) is 10.1. The van der Waals surface area contributed by atoms with E-state index in [9.17, 15) is 9.18 Å². The molecule has 1 aromatic rings. The monoisotopic (exact) mass is 358 g/mol. The minimum atomic E-state index is -0.373. The van der Waals surface area contributed by atoms with Gasteiger partial charge in [-0.15, -0.1) is 0 Å². The molecule has 4 heteroatoms. The maximum Gasteiger partial charge on any atom is 0.163 e. The third-order valence-corrected chi connectivity index (χ3v) is 3.92. The van der Waals surface area contributed by atoms with Crippen LogP contribution in [-0.4, -0.2) is 17.7 Å². The van der Waals surface area contributed by atoms with Gasteiger partial charge in [0.2, 0.25) is 0 Å². The minimum Gasteiger partial charge on any atom is -0.493 e. The van der Waals surface area contributed by atoms with Crippen LogP contribution in [0.25, 0.3) is 0 Å². The fourth-order valence-corrected chi connectivity index (χ4v) is 2.57. The zero-order valence-corrected chi connectivity index (χ0v) is 14.3. The van der Waals surface area contributed by atoms with E-state index >= 15 is 0 Å². The molecule has 2 nitrogen and oxygen atoms in total. The summed E-state index contributed by atoms with van der Waals surface area (Å²) in [6.07, 6.45) is 8.32. The van der Waals surface area contributed by atoms with E-state index in [1.165, 1.54) is 57.2 Å². The Labute approximate surface area is 135 Å². The Kier molecular flexibility index (Phi) is 9.31. The maximum atomic E-state index is 13.2. The van der Waals surface area contributed by atoms with Crippen molar-refractivity contribution >= 4 is 21.7 Å². The van der Waals surface area contributed by atoms with Crippen molar-refractivity contribution in [2.75, 3.05) is 11.9 Å². The molecule has 0 atom stereocenters. The predicted octanol–water partition coefficient (Wildman–Crippen LogP) is 5.53. The van der Waals surface area contributed by atoms with Gasteiger partial charge in [0.05, 0.1) is 12.2 Å². The van der Waals surface area contributed by atoms with Gasteiger partial charge in [0.25, 0.3) is 0 Å². The lowest BCUT2D eigenvalue weighted by molar-refractivity contribution is 0.101. The summed E-state index contributed by atoms with van der Waals surface area (Å²) >= 11 is 3.43. The van der Waals surface area contributed by atoms with Crippen LogP contribution in [0.4, 0.5) is 4.39 Å². The minimum absolute atomic E-state index is 0.100. The van der Waals surface area contributed by atoms with Crippen molar-refractivity contribution in [1.82, 2.24) is 0 Å². The summed E-state index contributed by atoms with van der Waals surface area (Å²) in [7, 11) is 0. The molecule has 0 aliphatic heterocycles. The summed E-state index contributed by atoms with van der Waals surface area (Å²) < 4.78 is 18.8. The first-order valence-corrected chi connectivity index (χ1v) is 8.76. The molecule has 118 valence electrons. The number of hydrogen-bond acceptors (Lipinski definition) is 2. The van der Waals surface area contributed by atoms with Crippen LogP contribution < -0.4 is 4.74 Å². The predicted molar refractivity (Wildman–Crippen MR) is 88.0 cm³/mol. The first kappa shape index (κ1) is 18.1. The van der Waals surface area contributed by atoms with E-state index in [1.807, 2.05) is 0 Å². The molecule has 0 heterocycles. The van der Waals surface area contributed by atoms with Crippen molar-refractivity contribution in [3.63, 3.8) is 0 Å². The van der Waals surface area contributed by atoms with E-state index in [1.54, 1.807) is 0 Å². The van der Waals surface area contributed by atoms with Gasteiger partial charge < -0.3 is 4.74 Å².